The highest BCUT2D eigenvalue weighted by atomic mass is 32.2. The molecular formula is C14H22F2N2O2S. The van der Waals surface area contributed by atoms with E-state index >= 15 is 0 Å². The molecule has 120 valence electrons. The zero-order chi connectivity index (χ0) is 15.7. The Morgan fingerprint density at radius 3 is 2.57 bits per heavy atom. The van der Waals surface area contributed by atoms with Crippen molar-refractivity contribution in [2.75, 3.05) is 18.8 Å². The first kappa shape index (κ1) is 18.0. The van der Waals surface area contributed by atoms with Crippen molar-refractivity contribution in [2.24, 2.45) is 0 Å². The highest BCUT2D eigenvalue weighted by Gasteiger charge is 2.11. The predicted octanol–water partition coefficient (Wildman–Crippen LogP) is 2.16. The number of halogens is 2. The summed E-state index contributed by atoms with van der Waals surface area (Å²) in [6.07, 6.45) is 2.35. The molecule has 0 spiro atoms. The van der Waals surface area contributed by atoms with Crippen LogP contribution in [0.15, 0.2) is 18.2 Å². The zero-order valence-corrected chi connectivity index (χ0v) is 13.0. The molecule has 0 unspecified atom stereocenters. The lowest BCUT2D eigenvalue weighted by molar-refractivity contribution is 0.559. The molecule has 0 bridgehead atoms. The van der Waals surface area contributed by atoms with Gasteiger partial charge in [0.2, 0.25) is 10.0 Å². The Balaban J connectivity index is 2.32. The molecule has 1 aromatic rings. The number of hydrogen-bond donors (Lipinski definition) is 2. The van der Waals surface area contributed by atoms with Gasteiger partial charge in [0.1, 0.15) is 11.6 Å². The van der Waals surface area contributed by atoms with Crippen LogP contribution >= 0.6 is 0 Å². The van der Waals surface area contributed by atoms with Gasteiger partial charge in [-0.1, -0.05) is 13.0 Å². The third-order valence-electron chi connectivity index (χ3n) is 2.94. The summed E-state index contributed by atoms with van der Waals surface area (Å²) in [4.78, 5) is 0. The van der Waals surface area contributed by atoms with E-state index in [1.54, 1.807) is 0 Å². The Kier molecular flexibility index (Phi) is 7.77. The molecule has 2 N–H and O–H groups in total. The Labute approximate surface area is 125 Å². The summed E-state index contributed by atoms with van der Waals surface area (Å²) >= 11 is 0. The quantitative estimate of drug-likeness (QED) is 0.650. The second kappa shape index (κ2) is 9.07. The molecule has 0 saturated heterocycles. The maximum Gasteiger partial charge on any atom is 0.211 e. The summed E-state index contributed by atoms with van der Waals surface area (Å²) < 4.78 is 51.9. The Morgan fingerprint density at radius 2 is 1.90 bits per heavy atom. The summed E-state index contributed by atoms with van der Waals surface area (Å²) in [5.74, 6) is -1.43. The van der Waals surface area contributed by atoms with E-state index in [1.807, 2.05) is 0 Å². The maximum atomic E-state index is 13.4. The van der Waals surface area contributed by atoms with Gasteiger partial charge in [0.15, 0.2) is 0 Å². The fourth-order valence-corrected chi connectivity index (χ4v) is 2.87. The van der Waals surface area contributed by atoms with Crippen LogP contribution in [-0.2, 0) is 16.6 Å². The number of unbranched alkanes of at least 4 members (excludes halogenated alkanes) is 1. The van der Waals surface area contributed by atoms with E-state index < -0.39 is 21.7 Å². The minimum Gasteiger partial charge on any atom is -0.317 e. The number of benzene rings is 1. The lowest BCUT2D eigenvalue weighted by Crippen LogP contribution is -2.27. The summed E-state index contributed by atoms with van der Waals surface area (Å²) in [6.45, 7) is 3.61. The van der Waals surface area contributed by atoms with E-state index in [9.17, 15) is 17.2 Å². The van der Waals surface area contributed by atoms with Crippen molar-refractivity contribution in [3.8, 4) is 0 Å². The highest BCUT2D eigenvalue weighted by molar-refractivity contribution is 7.89. The van der Waals surface area contributed by atoms with Crippen molar-refractivity contribution in [1.29, 1.82) is 0 Å². The molecule has 0 radical (unpaired) electrons. The van der Waals surface area contributed by atoms with E-state index in [2.05, 4.69) is 17.0 Å². The van der Waals surface area contributed by atoms with E-state index in [1.165, 1.54) is 6.07 Å². The first-order valence-electron chi connectivity index (χ1n) is 7.06. The SMILES string of the molecule is CCCNCCCCS(=O)(=O)NCc1ccc(F)cc1F. The van der Waals surface area contributed by atoms with E-state index in [-0.39, 0.29) is 17.9 Å². The molecule has 0 amide bonds. The van der Waals surface area contributed by atoms with Crippen LogP contribution in [0, 0.1) is 11.6 Å². The van der Waals surface area contributed by atoms with Gasteiger partial charge in [-0.25, -0.2) is 21.9 Å². The number of sulfonamides is 1. The van der Waals surface area contributed by atoms with Crippen LogP contribution in [0.1, 0.15) is 31.7 Å². The van der Waals surface area contributed by atoms with Crippen molar-refractivity contribution < 1.29 is 17.2 Å². The zero-order valence-electron chi connectivity index (χ0n) is 12.2. The Hall–Kier alpha value is -1.05. The molecule has 4 nitrogen and oxygen atoms in total. The van der Waals surface area contributed by atoms with Gasteiger partial charge in [0.25, 0.3) is 0 Å². The molecule has 0 atom stereocenters. The molecule has 1 aromatic carbocycles. The molecule has 1 rings (SSSR count). The van der Waals surface area contributed by atoms with E-state index in [0.29, 0.717) is 6.42 Å². The van der Waals surface area contributed by atoms with Crippen molar-refractivity contribution in [1.82, 2.24) is 10.0 Å². The molecule has 7 heteroatoms. The highest BCUT2D eigenvalue weighted by Crippen LogP contribution is 2.09. The van der Waals surface area contributed by atoms with Crippen molar-refractivity contribution in [2.45, 2.75) is 32.7 Å². The average molecular weight is 320 g/mol. The average Bonchev–Trinajstić information content (AvgIpc) is 2.42. The standard InChI is InChI=1S/C14H22F2N2O2S/c1-2-7-17-8-3-4-9-21(19,20)18-11-12-5-6-13(15)10-14(12)16/h5-6,10,17-18H,2-4,7-9,11H2,1H3. The summed E-state index contributed by atoms with van der Waals surface area (Å²) in [5, 5.41) is 3.19. The van der Waals surface area contributed by atoms with Crippen LogP contribution in [0.5, 0.6) is 0 Å². The summed E-state index contributed by atoms with van der Waals surface area (Å²) in [7, 11) is -3.44. The van der Waals surface area contributed by atoms with Crippen LogP contribution in [0.25, 0.3) is 0 Å². The predicted molar refractivity (Wildman–Crippen MR) is 79.4 cm³/mol. The van der Waals surface area contributed by atoms with Crippen molar-refractivity contribution in [3.05, 3.63) is 35.4 Å². The van der Waals surface area contributed by atoms with Crippen LogP contribution < -0.4 is 10.0 Å². The first-order valence-corrected chi connectivity index (χ1v) is 8.72. The van der Waals surface area contributed by atoms with Crippen molar-refractivity contribution in [3.63, 3.8) is 0 Å². The van der Waals surface area contributed by atoms with Gasteiger partial charge in [-0.3, -0.25) is 0 Å². The third kappa shape index (κ3) is 7.50. The molecule has 0 aliphatic rings. The summed E-state index contributed by atoms with van der Waals surface area (Å²) in [6, 6.07) is 3.08. The largest absolute Gasteiger partial charge is 0.317 e. The maximum absolute atomic E-state index is 13.4. The first-order chi connectivity index (χ1) is 9.94. The summed E-state index contributed by atoms with van der Waals surface area (Å²) in [5.41, 5.74) is 0.129. The smallest absolute Gasteiger partial charge is 0.211 e. The molecule has 0 saturated carbocycles. The molecule has 0 fully saturated rings. The number of hydrogen-bond acceptors (Lipinski definition) is 3. The van der Waals surface area contributed by atoms with Crippen LogP contribution in [0.2, 0.25) is 0 Å². The Morgan fingerprint density at radius 1 is 1.14 bits per heavy atom. The van der Waals surface area contributed by atoms with Gasteiger partial charge >= 0.3 is 0 Å². The van der Waals surface area contributed by atoms with Crippen LogP contribution in [0.3, 0.4) is 0 Å². The van der Waals surface area contributed by atoms with E-state index in [0.717, 1.165) is 38.1 Å². The van der Waals surface area contributed by atoms with E-state index in [4.69, 9.17) is 0 Å². The molecule has 0 aliphatic heterocycles. The van der Waals surface area contributed by atoms with Crippen LogP contribution in [0.4, 0.5) is 8.78 Å². The molecule has 21 heavy (non-hydrogen) atoms. The number of nitrogens with one attached hydrogen (secondary N) is 2. The normalized spacial score (nSPS) is 11.8. The second-order valence-electron chi connectivity index (χ2n) is 4.83. The van der Waals surface area contributed by atoms with Gasteiger partial charge in [-0.2, -0.15) is 0 Å². The molecule has 0 aliphatic carbocycles. The second-order valence-corrected chi connectivity index (χ2v) is 6.76. The van der Waals surface area contributed by atoms with Gasteiger partial charge in [-0.05, 0) is 38.4 Å². The fourth-order valence-electron chi connectivity index (χ4n) is 1.77. The monoisotopic (exact) mass is 320 g/mol. The minimum atomic E-state index is -3.44. The minimum absolute atomic E-state index is 0.00359. The lowest BCUT2D eigenvalue weighted by Gasteiger charge is -2.08. The molecule has 0 aromatic heterocycles. The Bertz CT molecular complexity index is 536. The van der Waals surface area contributed by atoms with Gasteiger partial charge in [-0.15, -0.1) is 0 Å². The molecular weight excluding hydrogens is 298 g/mol. The van der Waals surface area contributed by atoms with Crippen molar-refractivity contribution >= 4 is 10.0 Å². The van der Waals surface area contributed by atoms with Crippen LogP contribution in [-0.4, -0.2) is 27.3 Å². The fraction of sp³-hybridized carbons (Fsp3) is 0.571. The van der Waals surface area contributed by atoms with Gasteiger partial charge in [0, 0.05) is 18.2 Å². The lowest BCUT2D eigenvalue weighted by atomic mass is 10.2. The third-order valence-corrected chi connectivity index (χ3v) is 4.35. The van der Waals surface area contributed by atoms with Gasteiger partial charge < -0.3 is 5.32 Å². The topological polar surface area (TPSA) is 58.2 Å². The van der Waals surface area contributed by atoms with Gasteiger partial charge in [0.05, 0.1) is 5.75 Å². The number of rotatable bonds is 10. The molecule has 0 heterocycles.